The van der Waals surface area contributed by atoms with E-state index in [1.807, 2.05) is 12.1 Å². The van der Waals surface area contributed by atoms with Crippen molar-refractivity contribution in [3.63, 3.8) is 0 Å². The molecule has 2 aromatic rings. The highest BCUT2D eigenvalue weighted by atomic mass is 32.1. The zero-order valence-corrected chi connectivity index (χ0v) is 19.6. The maximum absolute atomic E-state index is 13.7. The van der Waals surface area contributed by atoms with Crippen molar-refractivity contribution >= 4 is 45.9 Å². The van der Waals surface area contributed by atoms with Crippen molar-refractivity contribution in [2.45, 2.75) is 39.5 Å². The van der Waals surface area contributed by atoms with Gasteiger partial charge in [0.05, 0.1) is 32.3 Å². The first-order valence-corrected chi connectivity index (χ1v) is 12.3. The summed E-state index contributed by atoms with van der Waals surface area (Å²) < 4.78 is 0. The third-order valence-corrected chi connectivity index (χ3v) is 7.54. The zero-order valence-electron chi connectivity index (χ0n) is 18.0. The summed E-state index contributed by atoms with van der Waals surface area (Å²) in [4.78, 5) is 33.4. The highest BCUT2D eigenvalue weighted by Crippen LogP contribution is 2.48. The molecule has 0 aromatic carbocycles. The number of amides is 2. The van der Waals surface area contributed by atoms with Crippen LogP contribution in [-0.4, -0.2) is 34.7 Å². The molecule has 6 nitrogen and oxygen atoms in total. The van der Waals surface area contributed by atoms with Crippen LogP contribution in [0, 0.1) is 22.7 Å². The third-order valence-electron chi connectivity index (χ3n) is 5.55. The summed E-state index contributed by atoms with van der Waals surface area (Å²) in [5, 5.41) is 18.6. The van der Waals surface area contributed by atoms with Gasteiger partial charge in [-0.05, 0) is 37.1 Å². The maximum atomic E-state index is 13.7. The van der Waals surface area contributed by atoms with E-state index in [0.717, 1.165) is 35.4 Å². The Morgan fingerprint density at radius 3 is 1.47 bits per heavy atom. The molecule has 2 aliphatic heterocycles. The molecule has 4 rings (SSSR count). The Hall–Kier alpha value is -3.20. The Bertz CT molecular complexity index is 1140. The number of rotatable bonds is 8. The molecule has 162 valence electrons. The Morgan fingerprint density at radius 2 is 1.16 bits per heavy atom. The number of nitriles is 2. The van der Waals surface area contributed by atoms with Crippen LogP contribution in [0.4, 0.5) is 0 Å². The number of hydrogen-bond acceptors (Lipinski definition) is 6. The molecule has 0 saturated carbocycles. The molecule has 2 aromatic heterocycles. The average molecular weight is 463 g/mol. The van der Waals surface area contributed by atoms with Crippen LogP contribution in [0.25, 0.3) is 11.4 Å². The van der Waals surface area contributed by atoms with E-state index in [4.69, 9.17) is 0 Å². The maximum Gasteiger partial charge on any atom is 0.261 e. The SMILES string of the molecule is CCCCN1C(=O)C2=C(c3ccc(C#N)s3)N(CCCC)C(=O)C2=C1c1ccc(C#N)s1. The van der Waals surface area contributed by atoms with Gasteiger partial charge in [0.1, 0.15) is 21.9 Å². The number of carbonyl (C=O) groups excluding carboxylic acids is 2. The molecule has 8 heteroatoms. The number of thiophene rings is 2. The predicted octanol–water partition coefficient (Wildman–Crippen LogP) is 4.96. The standard InChI is InChI=1S/C24H22N4O2S2/c1-3-5-11-27-21(17-9-7-15(13-25)31-17)19-20(23(27)29)22(18-10-8-16(14-26)32-18)28(24(19)30)12-6-4-2/h7-10H,3-6,11-12H2,1-2H3. The van der Waals surface area contributed by atoms with Crippen LogP contribution in [0.1, 0.15) is 59.0 Å². The van der Waals surface area contributed by atoms with Crippen LogP contribution < -0.4 is 0 Å². The van der Waals surface area contributed by atoms with Crippen molar-refractivity contribution in [1.29, 1.82) is 10.5 Å². The second-order valence-electron chi connectivity index (χ2n) is 7.62. The molecule has 0 bridgehead atoms. The van der Waals surface area contributed by atoms with Crippen molar-refractivity contribution < 1.29 is 9.59 Å². The van der Waals surface area contributed by atoms with E-state index in [9.17, 15) is 20.1 Å². The first kappa shape index (κ1) is 22.0. The third kappa shape index (κ3) is 3.56. The van der Waals surface area contributed by atoms with Gasteiger partial charge in [0.2, 0.25) is 0 Å². The summed E-state index contributed by atoms with van der Waals surface area (Å²) in [5.41, 5.74) is 2.08. The van der Waals surface area contributed by atoms with E-state index in [2.05, 4.69) is 26.0 Å². The minimum absolute atomic E-state index is 0.176. The number of fused-ring (bicyclic) bond motifs is 1. The van der Waals surface area contributed by atoms with Gasteiger partial charge in [-0.2, -0.15) is 10.5 Å². The van der Waals surface area contributed by atoms with Gasteiger partial charge in [0, 0.05) is 13.1 Å². The lowest BCUT2D eigenvalue weighted by Crippen LogP contribution is -2.30. The number of carbonyl (C=O) groups is 2. The average Bonchev–Trinajstić information content (AvgIpc) is 3.56. The van der Waals surface area contributed by atoms with Crippen LogP contribution in [0.2, 0.25) is 0 Å². The van der Waals surface area contributed by atoms with E-state index in [1.165, 1.54) is 22.7 Å². The predicted molar refractivity (Wildman–Crippen MR) is 125 cm³/mol. The molecule has 32 heavy (non-hydrogen) atoms. The minimum atomic E-state index is -0.176. The number of hydrogen-bond donors (Lipinski definition) is 0. The van der Waals surface area contributed by atoms with E-state index >= 15 is 0 Å². The summed E-state index contributed by atoms with van der Waals surface area (Å²) in [6.07, 6.45) is 3.46. The van der Waals surface area contributed by atoms with Crippen molar-refractivity contribution in [1.82, 2.24) is 9.80 Å². The van der Waals surface area contributed by atoms with E-state index in [0.29, 0.717) is 45.4 Å². The number of unbranched alkanes of at least 4 members (excludes halogenated alkanes) is 2. The van der Waals surface area contributed by atoms with Crippen LogP contribution in [0.15, 0.2) is 35.4 Å². The summed E-state index contributed by atoms with van der Waals surface area (Å²) in [6, 6.07) is 11.4. The van der Waals surface area contributed by atoms with Gasteiger partial charge in [0.25, 0.3) is 11.8 Å². The van der Waals surface area contributed by atoms with Gasteiger partial charge in [-0.3, -0.25) is 9.59 Å². The number of nitrogens with zero attached hydrogens (tertiary/aromatic N) is 4. The van der Waals surface area contributed by atoms with Crippen LogP contribution in [0.5, 0.6) is 0 Å². The van der Waals surface area contributed by atoms with Crippen molar-refractivity contribution in [3.05, 3.63) is 54.9 Å². The molecule has 0 saturated heterocycles. The second-order valence-corrected chi connectivity index (χ2v) is 9.79. The van der Waals surface area contributed by atoms with E-state index < -0.39 is 0 Å². The fourth-order valence-electron chi connectivity index (χ4n) is 4.02. The zero-order chi connectivity index (χ0) is 22.8. The van der Waals surface area contributed by atoms with Gasteiger partial charge < -0.3 is 9.80 Å². The van der Waals surface area contributed by atoms with Crippen molar-refractivity contribution in [2.75, 3.05) is 13.1 Å². The minimum Gasteiger partial charge on any atom is -0.306 e. The molecular formula is C24H22N4O2S2. The Labute approximate surface area is 195 Å². The van der Waals surface area contributed by atoms with Gasteiger partial charge in [-0.15, -0.1) is 22.7 Å². The summed E-state index contributed by atoms with van der Waals surface area (Å²) in [5.74, 6) is -0.353. The molecule has 2 amide bonds. The summed E-state index contributed by atoms with van der Waals surface area (Å²) >= 11 is 2.60. The van der Waals surface area contributed by atoms with Crippen molar-refractivity contribution in [2.24, 2.45) is 0 Å². The van der Waals surface area contributed by atoms with Crippen LogP contribution >= 0.6 is 22.7 Å². The smallest absolute Gasteiger partial charge is 0.261 e. The van der Waals surface area contributed by atoms with Crippen molar-refractivity contribution in [3.8, 4) is 12.1 Å². The molecule has 0 aliphatic carbocycles. The lowest BCUT2D eigenvalue weighted by Gasteiger charge is -2.24. The fourth-order valence-corrected chi connectivity index (χ4v) is 5.75. The second kappa shape index (κ2) is 9.12. The summed E-state index contributed by atoms with van der Waals surface area (Å²) in [6.45, 7) is 5.15. The molecular weight excluding hydrogens is 440 g/mol. The van der Waals surface area contributed by atoms with Gasteiger partial charge in [-0.1, -0.05) is 26.7 Å². The lowest BCUT2D eigenvalue weighted by molar-refractivity contribution is -0.124. The molecule has 2 aliphatic rings. The fraction of sp³-hybridized carbons (Fsp3) is 0.333. The quantitative estimate of drug-likeness (QED) is 0.555. The molecule has 0 spiro atoms. The molecule has 0 atom stereocenters. The Morgan fingerprint density at radius 1 is 0.750 bits per heavy atom. The van der Waals surface area contributed by atoms with Gasteiger partial charge in [-0.25, -0.2) is 0 Å². The first-order chi connectivity index (χ1) is 15.5. The molecule has 0 fully saturated rings. The first-order valence-electron chi connectivity index (χ1n) is 10.7. The van der Waals surface area contributed by atoms with Crippen LogP contribution in [0.3, 0.4) is 0 Å². The largest absolute Gasteiger partial charge is 0.306 e. The molecule has 0 N–H and O–H groups in total. The summed E-state index contributed by atoms with van der Waals surface area (Å²) in [7, 11) is 0. The Balaban J connectivity index is 1.95. The lowest BCUT2D eigenvalue weighted by atomic mass is 10.1. The Kier molecular flexibility index (Phi) is 6.27. The van der Waals surface area contributed by atoms with E-state index in [1.54, 1.807) is 21.9 Å². The van der Waals surface area contributed by atoms with Crippen LogP contribution in [-0.2, 0) is 9.59 Å². The topological polar surface area (TPSA) is 88.2 Å². The molecule has 4 heterocycles. The highest BCUT2D eigenvalue weighted by molar-refractivity contribution is 7.14. The highest BCUT2D eigenvalue weighted by Gasteiger charge is 2.49. The molecule has 0 unspecified atom stereocenters. The van der Waals surface area contributed by atoms with Gasteiger partial charge >= 0.3 is 0 Å². The van der Waals surface area contributed by atoms with Gasteiger partial charge in [0.15, 0.2) is 0 Å². The van der Waals surface area contributed by atoms with E-state index in [-0.39, 0.29) is 11.8 Å². The monoisotopic (exact) mass is 462 g/mol. The normalized spacial score (nSPS) is 15.6. The molecule has 0 radical (unpaired) electrons.